The van der Waals surface area contributed by atoms with E-state index >= 15 is 0 Å². The van der Waals surface area contributed by atoms with Gasteiger partial charge in [-0.3, -0.25) is 4.98 Å². The third kappa shape index (κ3) is 1.86. The molecule has 2 saturated heterocycles. The molecule has 0 radical (unpaired) electrons. The number of halogens is 1. The summed E-state index contributed by atoms with van der Waals surface area (Å²) in [6.07, 6.45) is 5.58. The SMILES string of the molecule is CN1[C@@H]2CC[C@H]1CC(O)(c1ccc(Cl)cn1)C2. The number of rotatable bonds is 1. The van der Waals surface area contributed by atoms with Gasteiger partial charge in [0.15, 0.2) is 0 Å². The van der Waals surface area contributed by atoms with E-state index in [4.69, 9.17) is 11.6 Å². The van der Waals surface area contributed by atoms with Gasteiger partial charge >= 0.3 is 0 Å². The molecule has 17 heavy (non-hydrogen) atoms. The van der Waals surface area contributed by atoms with Crippen molar-refractivity contribution < 1.29 is 5.11 Å². The number of piperidine rings is 1. The summed E-state index contributed by atoms with van der Waals surface area (Å²) in [5, 5.41) is 11.4. The Labute approximate surface area is 106 Å². The molecule has 3 heterocycles. The summed E-state index contributed by atoms with van der Waals surface area (Å²) < 4.78 is 0. The largest absolute Gasteiger partial charge is 0.383 e. The first kappa shape index (κ1) is 11.5. The maximum atomic E-state index is 10.8. The Morgan fingerprint density at radius 2 is 2.00 bits per heavy atom. The monoisotopic (exact) mass is 252 g/mol. The van der Waals surface area contributed by atoms with E-state index in [-0.39, 0.29) is 0 Å². The Balaban J connectivity index is 1.90. The van der Waals surface area contributed by atoms with Gasteiger partial charge in [0, 0.05) is 18.3 Å². The van der Waals surface area contributed by atoms with E-state index in [1.807, 2.05) is 12.1 Å². The summed E-state index contributed by atoms with van der Waals surface area (Å²) in [6.45, 7) is 0. The van der Waals surface area contributed by atoms with Crippen LogP contribution in [-0.4, -0.2) is 34.1 Å². The van der Waals surface area contributed by atoms with Gasteiger partial charge in [-0.15, -0.1) is 0 Å². The lowest BCUT2D eigenvalue weighted by atomic mass is 9.83. The highest BCUT2D eigenvalue weighted by atomic mass is 35.5. The summed E-state index contributed by atoms with van der Waals surface area (Å²) in [5.41, 5.74) is 0.00930. The van der Waals surface area contributed by atoms with Gasteiger partial charge in [-0.2, -0.15) is 0 Å². The molecule has 0 aliphatic carbocycles. The van der Waals surface area contributed by atoms with Crippen LogP contribution in [0.2, 0.25) is 5.02 Å². The zero-order valence-electron chi connectivity index (χ0n) is 9.93. The summed E-state index contributed by atoms with van der Waals surface area (Å²) in [7, 11) is 2.16. The molecule has 3 rings (SSSR count). The minimum absolute atomic E-state index is 0.497. The van der Waals surface area contributed by atoms with Gasteiger partial charge in [0.05, 0.1) is 10.7 Å². The normalized spacial score (nSPS) is 37.4. The second-order valence-corrected chi connectivity index (χ2v) is 5.79. The third-order valence-corrected chi connectivity index (χ3v) is 4.56. The van der Waals surface area contributed by atoms with Crippen LogP contribution in [0.3, 0.4) is 0 Å². The summed E-state index contributed by atoms with van der Waals surface area (Å²) in [6, 6.07) is 4.65. The molecule has 2 bridgehead atoms. The quantitative estimate of drug-likeness (QED) is 0.832. The van der Waals surface area contributed by atoms with Gasteiger partial charge in [0.25, 0.3) is 0 Å². The lowest BCUT2D eigenvalue weighted by Crippen LogP contribution is -2.47. The first-order chi connectivity index (χ1) is 8.08. The molecule has 0 aromatic carbocycles. The van der Waals surface area contributed by atoms with Crippen molar-refractivity contribution in [3.05, 3.63) is 29.0 Å². The lowest BCUT2D eigenvalue weighted by molar-refractivity contribution is -0.0523. The van der Waals surface area contributed by atoms with E-state index in [1.165, 1.54) is 12.8 Å². The molecule has 3 nitrogen and oxygen atoms in total. The first-order valence-corrected chi connectivity index (χ1v) is 6.53. The molecule has 1 N–H and O–H groups in total. The fourth-order valence-electron chi connectivity index (χ4n) is 3.31. The zero-order chi connectivity index (χ0) is 12.0. The fourth-order valence-corrected chi connectivity index (χ4v) is 3.42. The van der Waals surface area contributed by atoms with Crippen LogP contribution >= 0.6 is 11.6 Å². The van der Waals surface area contributed by atoms with Crippen molar-refractivity contribution in [1.29, 1.82) is 0 Å². The number of fused-ring (bicyclic) bond motifs is 2. The number of pyridine rings is 1. The minimum Gasteiger partial charge on any atom is -0.383 e. The van der Waals surface area contributed by atoms with Crippen LogP contribution in [0.1, 0.15) is 31.4 Å². The van der Waals surface area contributed by atoms with E-state index in [9.17, 15) is 5.11 Å². The fraction of sp³-hybridized carbons (Fsp3) is 0.615. The molecule has 1 aromatic rings. The van der Waals surface area contributed by atoms with Crippen LogP contribution < -0.4 is 0 Å². The molecule has 0 spiro atoms. The predicted octanol–water partition coefficient (Wildman–Crippen LogP) is 2.18. The van der Waals surface area contributed by atoms with E-state index in [0.29, 0.717) is 17.1 Å². The number of nitrogens with zero attached hydrogens (tertiary/aromatic N) is 2. The maximum absolute atomic E-state index is 10.8. The summed E-state index contributed by atoms with van der Waals surface area (Å²) in [4.78, 5) is 6.70. The Bertz CT molecular complexity index is 406. The van der Waals surface area contributed by atoms with Crippen LogP contribution in [0.15, 0.2) is 18.3 Å². The van der Waals surface area contributed by atoms with Gasteiger partial charge in [-0.05, 0) is 44.9 Å². The summed E-state index contributed by atoms with van der Waals surface area (Å²) >= 11 is 5.84. The standard InChI is InChI=1S/C13H17ClN2O/c1-16-10-3-4-11(16)7-13(17,6-10)12-5-2-9(14)8-15-12/h2,5,8,10-11,17H,3-4,6-7H2,1H3/t10-,11+,13?. The van der Waals surface area contributed by atoms with Crippen molar-refractivity contribution in [2.45, 2.75) is 43.4 Å². The molecular weight excluding hydrogens is 236 g/mol. The Hall–Kier alpha value is -0.640. The van der Waals surface area contributed by atoms with E-state index < -0.39 is 5.60 Å². The highest BCUT2D eigenvalue weighted by Crippen LogP contribution is 2.44. The molecule has 2 aliphatic heterocycles. The van der Waals surface area contributed by atoms with Gasteiger partial charge in [-0.25, -0.2) is 0 Å². The molecule has 1 aromatic heterocycles. The number of hydrogen-bond donors (Lipinski definition) is 1. The number of aromatic nitrogens is 1. The Morgan fingerprint density at radius 3 is 2.53 bits per heavy atom. The Morgan fingerprint density at radius 1 is 1.35 bits per heavy atom. The van der Waals surface area contributed by atoms with Gasteiger partial charge in [-0.1, -0.05) is 11.6 Å². The van der Waals surface area contributed by atoms with Crippen molar-refractivity contribution in [3.8, 4) is 0 Å². The second-order valence-electron chi connectivity index (χ2n) is 5.35. The highest BCUT2D eigenvalue weighted by molar-refractivity contribution is 6.30. The minimum atomic E-state index is -0.761. The van der Waals surface area contributed by atoms with Crippen LogP contribution in [0, 0.1) is 0 Å². The van der Waals surface area contributed by atoms with Gasteiger partial charge in [0.1, 0.15) is 5.60 Å². The third-order valence-electron chi connectivity index (χ3n) is 4.34. The van der Waals surface area contributed by atoms with Crippen molar-refractivity contribution >= 4 is 11.6 Å². The molecule has 3 atom stereocenters. The predicted molar refractivity (Wildman–Crippen MR) is 67.0 cm³/mol. The van der Waals surface area contributed by atoms with E-state index in [0.717, 1.165) is 18.5 Å². The van der Waals surface area contributed by atoms with Crippen LogP contribution in [0.4, 0.5) is 0 Å². The first-order valence-electron chi connectivity index (χ1n) is 6.15. The molecule has 92 valence electrons. The van der Waals surface area contributed by atoms with Gasteiger partial charge < -0.3 is 10.0 Å². The van der Waals surface area contributed by atoms with Crippen LogP contribution in [0.25, 0.3) is 0 Å². The van der Waals surface area contributed by atoms with Crippen molar-refractivity contribution in [2.24, 2.45) is 0 Å². The average Bonchev–Trinajstić information content (AvgIpc) is 2.53. The molecule has 0 amide bonds. The molecule has 0 saturated carbocycles. The molecule has 1 unspecified atom stereocenters. The molecule has 4 heteroatoms. The second kappa shape index (κ2) is 3.94. The van der Waals surface area contributed by atoms with Crippen molar-refractivity contribution in [1.82, 2.24) is 9.88 Å². The van der Waals surface area contributed by atoms with Crippen LogP contribution in [-0.2, 0) is 5.60 Å². The van der Waals surface area contributed by atoms with E-state index in [2.05, 4.69) is 16.9 Å². The number of hydrogen-bond acceptors (Lipinski definition) is 3. The number of aliphatic hydroxyl groups is 1. The molecule has 2 aliphatic rings. The van der Waals surface area contributed by atoms with Crippen LogP contribution in [0.5, 0.6) is 0 Å². The highest BCUT2D eigenvalue weighted by Gasteiger charge is 2.47. The average molecular weight is 253 g/mol. The van der Waals surface area contributed by atoms with E-state index in [1.54, 1.807) is 6.20 Å². The smallest absolute Gasteiger partial charge is 0.109 e. The summed E-state index contributed by atoms with van der Waals surface area (Å²) in [5.74, 6) is 0. The lowest BCUT2D eigenvalue weighted by Gasteiger charge is -2.41. The zero-order valence-corrected chi connectivity index (χ0v) is 10.7. The molecule has 2 fully saturated rings. The molecular formula is C13H17ClN2O. The maximum Gasteiger partial charge on any atom is 0.109 e. The van der Waals surface area contributed by atoms with Gasteiger partial charge in [0.2, 0.25) is 0 Å². The van der Waals surface area contributed by atoms with Crippen molar-refractivity contribution in [2.75, 3.05) is 7.05 Å². The topological polar surface area (TPSA) is 36.4 Å². The van der Waals surface area contributed by atoms with Crippen molar-refractivity contribution in [3.63, 3.8) is 0 Å². The Kier molecular flexibility index (Phi) is 2.65.